The van der Waals surface area contributed by atoms with Crippen LogP contribution in [0.25, 0.3) is 0 Å². The number of nitrogens with one attached hydrogen (secondary N) is 2. The highest BCUT2D eigenvalue weighted by molar-refractivity contribution is 6.61. The molecule has 9 heteroatoms. The van der Waals surface area contributed by atoms with Crippen molar-refractivity contribution in [3.05, 3.63) is 59.7 Å². The van der Waals surface area contributed by atoms with Gasteiger partial charge in [-0.2, -0.15) is 0 Å². The van der Waals surface area contributed by atoms with E-state index >= 15 is 0 Å². The SMILES string of the molecule is COB(OC)c1ccc(C[C@@H](NC(=O)c2ccccc2NC(C)=O)C(=O)OC)cc1. The van der Waals surface area contributed by atoms with Gasteiger partial charge in [-0.15, -0.1) is 0 Å². The van der Waals surface area contributed by atoms with E-state index in [1.54, 1.807) is 38.5 Å². The zero-order valence-corrected chi connectivity index (χ0v) is 17.4. The zero-order valence-electron chi connectivity index (χ0n) is 17.4. The van der Waals surface area contributed by atoms with Gasteiger partial charge in [0.15, 0.2) is 0 Å². The van der Waals surface area contributed by atoms with E-state index in [2.05, 4.69) is 10.6 Å². The number of hydrogen-bond acceptors (Lipinski definition) is 6. The number of carbonyl (C=O) groups excluding carboxylic acids is 3. The van der Waals surface area contributed by atoms with Crippen molar-refractivity contribution in [2.75, 3.05) is 26.6 Å². The number of para-hydroxylation sites is 1. The third-order valence-electron chi connectivity index (χ3n) is 4.39. The minimum atomic E-state index is -0.903. The molecule has 2 amide bonds. The molecule has 30 heavy (non-hydrogen) atoms. The molecule has 0 spiro atoms. The van der Waals surface area contributed by atoms with Gasteiger partial charge >= 0.3 is 13.1 Å². The largest absolute Gasteiger partial charge is 0.493 e. The van der Waals surface area contributed by atoms with Crippen molar-refractivity contribution in [1.29, 1.82) is 0 Å². The van der Waals surface area contributed by atoms with E-state index in [4.69, 9.17) is 14.0 Å². The molecule has 0 aliphatic heterocycles. The number of amides is 2. The summed E-state index contributed by atoms with van der Waals surface area (Å²) in [5, 5.41) is 5.30. The van der Waals surface area contributed by atoms with Crippen LogP contribution in [-0.2, 0) is 30.1 Å². The van der Waals surface area contributed by atoms with E-state index < -0.39 is 25.0 Å². The smallest absolute Gasteiger partial charge is 0.467 e. The molecule has 2 rings (SSSR count). The van der Waals surface area contributed by atoms with Crippen LogP contribution in [0.2, 0.25) is 0 Å². The fourth-order valence-corrected chi connectivity index (χ4v) is 2.97. The lowest BCUT2D eigenvalue weighted by atomic mass is 9.78. The molecule has 1 atom stereocenters. The van der Waals surface area contributed by atoms with Crippen LogP contribution in [0.5, 0.6) is 0 Å². The summed E-state index contributed by atoms with van der Waals surface area (Å²) >= 11 is 0. The number of hydrogen-bond donors (Lipinski definition) is 2. The van der Waals surface area contributed by atoms with E-state index in [0.717, 1.165) is 11.0 Å². The topological polar surface area (TPSA) is 103 Å². The lowest BCUT2D eigenvalue weighted by molar-refractivity contribution is -0.142. The normalized spacial score (nSPS) is 11.3. The first kappa shape index (κ1) is 23.1. The van der Waals surface area contributed by atoms with Gasteiger partial charge in [0.2, 0.25) is 5.91 Å². The van der Waals surface area contributed by atoms with Crippen molar-refractivity contribution in [2.45, 2.75) is 19.4 Å². The average molecular weight is 412 g/mol. The number of benzene rings is 2. The number of carbonyl (C=O) groups is 3. The lowest BCUT2D eigenvalue weighted by Crippen LogP contribution is -2.43. The monoisotopic (exact) mass is 412 g/mol. The number of ether oxygens (including phenoxy) is 1. The van der Waals surface area contributed by atoms with Crippen LogP contribution in [0.4, 0.5) is 5.69 Å². The maximum absolute atomic E-state index is 12.8. The van der Waals surface area contributed by atoms with Gasteiger partial charge in [-0.3, -0.25) is 9.59 Å². The van der Waals surface area contributed by atoms with Gasteiger partial charge in [-0.05, 0) is 23.2 Å². The second kappa shape index (κ2) is 11.1. The second-order valence-electron chi connectivity index (χ2n) is 6.53. The van der Waals surface area contributed by atoms with E-state index in [1.165, 1.54) is 14.0 Å². The van der Waals surface area contributed by atoms with Gasteiger partial charge in [0.25, 0.3) is 5.91 Å². The summed E-state index contributed by atoms with van der Waals surface area (Å²) in [6, 6.07) is 13.0. The van der Waals surface area contributed by atoms with E-state index in [1.807, 2.05) is 24.3 Å². The quantitative estimate of drug-likeness (QED) is 0.473. The van der Waals surface area contributed by atoms with Crippen LogP contribution in [0.3, 0.4) is 0 Å². The van der Waals surface area contributed by atoms with E-state index in [0.29, 0.717) is 5.69 Å². The van der Waals surface area contributed by atoms with Crippen LogP contribution < -0.4 is 16.1 Å². The highest BCUT2D eigenvalue weighted by Crippen LogP contribution is 2.15. The summed E-state index contributed by atoms with van der Waals surface area (Å²) in [4.78, 5) is 36.4. The molecular weight excluding hydrogens is 387 g/mol. The predicted octanol–water partition coefficient (Wildman–Crippen LogP) is 1.15. The van der Waals surface area contributed by atoms with Gasteiger partial charge < -0.3 is 24.7 Å². The molecule has 0 heterocycles. The Morgan fingerprint density at radius 1 is 0.967 bits per heavy atom. The van der Waals surface area contributed by atoms with Crippen molar-refractivity contribution in [1.82, 2.24) is 5.32 Å². The Bertz CT molecular complexity index is 883. The summed E-state index contributed by atoms with van der Waals surface area (Å²) in [5.41, 5.74) is 2.25. The van der Waals surface area contributed by atoms with Gasteiger partial charge in [-0.1, -0.05) is 36.4 Å². The summed E-state index contributed by atoms with van der Waals surface area (Å²) in [7, 11) is 3.87. The summed E-state index contributed by atoms with van der Waals surface area (Å²) in [5.74, 6) is -1.37. The number of rotatable bonds is 9. The fourth-order valence-electron chi connectivity index (χ4n) is 2.97. The van der Waals surface area contributed by atoms with Crippen molar-refractivity contribution >= 4 is 36.1 Å². The molecule has 2 aromatic rings. The van der Waals surface area contributed by atoms with Crippen LogP contribution in [-0.4, -0.2) is 52.3 Å². The van der Waals surface area contributed by atoms with Crippen molar-refractivity contribution in [3.8, 4) is 0 Å². The Hall–Kier alpha value is -3.17. The third-order valence-corrected chi connectivity index (χ3v) is 4.39. The zero-order chi connectivity index (χ0) is 22.1. The molecule has 158 valence electrons. The number of anilines is 1. The summed E-state index contributed by atoms with van der Waals surface area (Å²) in [6.07, 6.45) is 0.228. The number of methoxy groups -OCH3 is 1. The molecule has 0 aliphatic rings. The maximum atomic E-state index is 12.8. The van der Waals surface area contributed by atoms with Crippen LogP contribution in [0.15, 0.2) is 48.5 Å². The minimum absolute atomic E-state index is 0.228. The molecular formula is C21H25BN2O6. The standard InChI is InChI=1S/C21H25BN2O6/c1-14(25)23-18-8-6-5-7-17(18)20(26)24-19(21(27)28-2)13-15-9-11-16(12-10-15)22(29-3)30-4/h5-12,19H,13H2,1-4H3,(H,23,25)(H,24,26)/t19-/m1/s1. The Labute approximate surface area is 176 Å². The molecule has 8 nitrogen and oxygen atoms in total. The second-order valence-corrected chi connectivity index (χ2v) is 6.53. The van der Waals surface area contributed by atoms with E-state index in [-0.39, 0.29) is 17.9 Å². The molecule has 0 saturated carbocycles. The van der Waals surface area contributed by atoms with Gasteiger partial charge in [-0.25, -0.2) is 4.79 Å². The Kier molecular flexibility index (Phi) is 8.58. The first-order valence-electron chi connectivity index (χ1n) is 9.29. The van der Waals surface area contributed by atoms with Crippen LogP contribution >= 0.6 is 0 Å². The maximum Gasteiger partial charge on any atom is 0.493 e. The highest BCUT2D eigenvalue weighted by atomic mass is 16.6. The molecule has 0 radical (unpaired) electrons. The fraction of sp³-hybridized carbons (Fsp3) is 0.286. The highest BCUT2D eigenvalue weighted by Gasteiger charge is 2.24. The molecule has 0 aromatic heterocycles. The molecule has 0 bridgehead atoms. The first-order valence-corrected chi connectivity index (χ1v) is 9.29. The molecule has 2 N–H and O–H groups in total. The Balaban J connectivity index is 2.18. The lowest BCUT2D eigenvalue weighted by Gasteiger charge is -2.18. The Morgan fingerprint density at radius 3 is 2.17 bits per heavy atom. The van der Waals surface area contributed by atoms with Crippen LogP contribution in [0.1, 0.15) is 22.8 Å². The average Bonchev–Trinajstić information content (AvgIpc) is 2.74. The first-order chi connectivity index (χ1) is 14.4. The minimum Gasteiger partial charge on any atom is -0.467 e. The molecule has 0 unspecified atom stereocenters. The molecule has 0 saturated heterocycles. The van der Waals surface area contributed by atoms with E-state index in [9.17, 15) is 14.4 Å². The van der Waals surface area contributed by atoms with Crippen molar-refractivity contribution in [2.24, 2.45) is 0 Å². The Morgan fingerprint density at radius 2 is 1.60 bits per heavy atom. The summed E-state index contributed by atoms with van der Waals surface area (Å²) in [6.45, 7) is 1.35. The van der Waals surface area contributed by atoms with Gasteiger partial charge in [0.1, 0.15) is 6.04 Å². The predicted molar refractivity (Wildman–Crippen MR) is 114 cm³/mol. The van der Waals surface area contributed by atoms with Crippen LogP contribution in [0, 0.1) is 0 Å². The third kappa shape index (κ3) is 6.17. The van der Waals surface area contributed by atoms with Crippen molar-refractivity contribution in [3.63, 3.8) is 0 Å². The van der Waals surface area contributed by atoms with Gasteiger partial charge in [0.05, 0.1) is 18.4 Å². The van der Waals surface area contributed by atoms with Gasteiger partial charge in [0, 0.05) is 27.6 Å². The molecule has 0 aliphatic carbocycles. The van der Waals surface area contributed by atoms with Crippen molar-refractivity contribution < 1.29 is 28.4 Å². The molecule has 2 aromatic carbocycles. The number of esters is 1. The molecule has 0 fully saturated rings. The summed E-state index contributed by atoms with van der Waals surface area (Å²) < 4.78 is 15.3.